The van der Waals surface area contributed by atoms with E-state index in [0.29, 0.717) is 0 Å². The van der Waals surface area contributed by atoms with Crippen LogP contribution in [0.2, 0.25) is 0 Å². The average molecular weight is 610 g/mol. The third kappa shape index (κ3) is 13.7. The molecule has 0 N–H and O–H groups in total. The normalized spacial score (nSPS) is 18.4. The number of likely N-dealkylation sites (tertiary alicyclic amines) is 1. The molecule has 0 spiro atoms. The van der Waals surface area contributed by atoms with E-state index in [-0.39, 0.29) is 25.2 Å². The summed E-state index contributed by atoms with van der Waals surface area (Å²) >= 11 is 0. The predicted octanol–water partition coefficient (Wildman–Crippen LogP) is 8.83. The van der Waals surface area contributed by atoms with Gasteiger partial charge in [-0.25, -0.2) is 9.36 Å². The Morgan fingerprint density at radius 3 is 1.86 bits per heavy atom. The van der Waals surface area contributed by atoms with E-state index < -0.39 is 42.9 Å². The first-order valence-electron chi connectivity index (χ1n) is 15.6. The molecule has 2 rings (SSSR count). The van der Waals surface area contributed by atoms with Gasteiger partial charge in [0.15, 0.2) is 5.78 Å². The van der Waals surface area contributed by atoms with Crippen molar-refractivity contribution in [3.63, 3.8) is 0 Å². The first-order valence-corrected chi connectivity index (χ1v) is 17.1. The molecule has 1 aliphatic heterocycles. The summed E-state index contributed by atoms with van der Waals surface area (Å²) in [6, 6.07) is 7.38. The summed E-state index contributed by atoms with van der Waals surface area (Å²) < 4.78 is 36.9. The minimum Gasteiger partial charge on any atom is -0.444 e. The highest BCUT2D eigenvalue weighted by molar-refractivity contribution is 7.48. The fraction of sp³-hybridized carbons (Fsp3) is 0.758. The highest BCUT2D eigenvalue weighted by Gasteiger charge is 2.47. The number of carbonyl (C=O) groups is 2. The molecule has 0 aliphatic carbocycles. The molecule has 8 nitrogen and oxygen atoms in total. The van der Waals surface area contributed by atoms with E-state index in [2.05, 4.69) is 19.1 Å². The summed E-state index contributed by atoms with van der Waals surface area (Å²) in [5, 5.41) is 0. The number of ether oxygens (including phenoxy) is 1. The molecule has 2 atom stereocenters. The Morgan fingerprint density at radius 2 is 1.33 bits per heavy atom. The van der Waals surface area contributed by atoms with Crippen LogP contribution in [0.4, 0.5) is 4.79 Å². The van der Waals surface area contributed by atoms with E-state index in [1.54, 1.807) is 62.3 Å². The van der Waals surface area contributed by atoms with E-state index in [4.69, 9.17) is 18.3 Å². The summed E-state index contributed by atoms with van der Waals surface area (Å²) in [6.07, 6.45) is 7.56. The first-order chi connectivity index (χ1) is 19.3. The molecule has 42 heavy (non-hydrogen) atoms. The monoisotopic (exact) mass is 609 g/mol. The van der Waals surface area contributed by atoms with E-state index in [1.807, 2.05) is 12.1 Å². The number of nitrogens with zero attached hydrogens (tertiary/aromatic N) is 1. The molecule has 0 saturated carbocycles. The maximum atomic E-state index is 13.8. The molecule has 240 valence electrons. The maximum absolute atomic E-state index is 13.8. The van der Waals surface area contributed by atoms with Crippen molar-refractivity contribution in [2.75, 3.05) is 6.54 Å². The lowest BCUT2D eigenvalue weighted by atomic mass is 9.99. The van der Waals surface area contributed by atoms with Crippen LogP contribution in [0.5, 0.6) is 0 Å². The standard InChI is InChI=1S/C33H56NO7P/c1-11-12-13-14-15-16-17-25-18-20-26(21-19-25)22-29(35)28-23-27(24-34(28)30(36)38-31(2,3)4)39-42(37,40-32(5,6)7)41-33(8,9)10/h18-21,27-28H,11-17,22-24H2,1-10H3/t27-,28+/m1/s1. The fourth-order valence-corrected chi connectivity index (χ4v) is 6.85. The van der Waals surface area contributed by atoms with Crippen molar-refractivity contribution >= 4 is 19.7 Å². The summed E-state index contributed by atoms with van der Waals surface area (Å²) in [7, 11) is -4.05. The van der Waals surface area contributed by atoms with Crippen molar-refractivity contribution in [1.29, 1.82) is 0 Å². The van der Waals surface area contributed by atoms with Crippen molar-refractivity contribution in [2.45, 2.75) is 156 Å². The molecular weight excluding hydrogens is 553 g/mol. The Kier molecular flexibility index (Phi) is 13.3. The van der Waals surface area contributed by atoms with Gasteiger partial charge in [-0.05, 0) is 86.3 Å². The minimum atomic E-state index is -4.05. The van der Waals surface area contributed by atoms with Gasteiger partial charge in [-0.1, -0.05) is 63.3 Å². The van der Waals surface area contributed by atoms with Crippen LogP contribution in [0.15, 0.2) is 24.3 Å². The highest BCUT2D eigenvalue weighted by Crippen LogP contribution is 2.57. The Hall–Kier alpha value is -1.73. The number of amides is 1. The van der Waals surface area contributed by atoms with E-state index in [0.717, 1.165) is 18.4 Å². The molecule has 1 fully saturated rings. The van der Waals surface area contributed by atoms with Crippen LogP contribution in [-0.2, 0) is 40.5 Å². The van der Waals surface area contributed by atoms with Crippen molar-refractivity contribution in [2.24, 2.45) is 0 Å². The van der Waals surface area contributed by atoms with E-state index >= 15 is 0 Å². The number of aryl methyl sites for hydroxylation is 1. The second-order valence-corrected chi connectivity index (χ2v) is 15.9. The van der Waals surface area contributed by atoms with Gasteiger partial charge in [-0.2, -0.15) is 0 Å². The van der Waals surface area contributed by atoms with Gasteiger partial charge in [-0.3, -0.25) is 23.3 Å². The quantitative estimate of drug-likeness (QED) is 0.154. The fourth-order valence-electron chi connectivity index (χ4n) is 4.87. The smallest absolute Gasteiger partial charge is 0.444 e. The summed E-state index contributed by atoms with van der Waals surface area (Å²) in [4.78, 5) is 28.2. The number of phosphoric ester groups is 1. The molecule has 1 aromatic rings. The molecule has 0 radical (unpaired) electrons. The molecule has 9 heteroatoms. The molecule has 1 saturated heterocycles. The predicted molar refractivity (Wildman–Crippen MR) is 168 cm³/mol. The Labute approximate surface area is 254 Å². The molecule has 0 unspecified atom stereocenters. The van der Waals surface area contributed by atoms with Gasteiger partial charge in [0.25, 0.3) is 0 Å². The topological polar surface area (TPSA) is 91.4 Å². The molecule has 1 aromatic carbocycles. The van der Waals surface area contributed by atoms with Gasteiger partial charge in [0.05, 0.1) is 29.9 Å². The molecular formula is C33H56NO7P. The van der Waals surface area contributed by atoms with Crippen LogP contribution in [-0.4, -0.2) is 52.3 Å². The highest BCUT2D eigenvalue weighted by atomic mass is 31.2. The number of ketones is 1. The van der Waals surface area contributed by atoms with E-state index in [9.17, 15) is 14.2 Å². The second-order valence-electron chi connectivity index (χ2n) is 14.4. The second kappa shape index (κ2) is 15.3. The van der Waals surface area contributed by atoms with Gasteiger partial charge in [-0.15, -0.1) is 0 Å². The summed E-state index contributed by atoms with van der Waals surface area (Å²) in [5.74, 6) is -0.126. The van der Waals surface area contributed by atoms with Crippen molar-refractivity contribution in [3.05, 3.63) is 35.4 Å². The van der Waals surface area contributed by atoms with Crippen LogP contribution < -0.4 is 0 Å². The largest absolute Gasteiger partial charge is 0.476 e. The maximum Gasteiger partial charge on any atom is 0.476 e. The van der Waals surface area contributed by atoms with Gasteiger partial charge >= 0.3 is 13.9 Å². The average Bonchev–Trinajstić information content (AvgIpc) is 3.22. The molecule has 1 amide bonds. The third-order valence-electron chi connectivity index (χ3n) is 6.53. The first kappa shape index (κ1) is 36.5. The number of hydrogen-bond acceptors (Lipinski definition) is 7. The zero-order chi connectivity index (χ0) is 31.8. The Balaban J connectivity index is 2.15. The number of unbranched alkanes of at least 4 members (excludes halogenated alkanes) is 5. The Morgan fingerprint density at radius 1 is 0.810 bits per heavy atom. The molecule has 1 aliphatic rings. The van der Waals surface area contributed by atoms with E-state index in [1.165, 1.54) is 42.6 Å². The van der Waals surface area contributed by atoms with Crippen LogP contribution >= 0.6 is 7.82 Å². The molecule has 0 aromatic heterocycles. The van der Waals surface area contributed by atoms with Crippen LogP contribution in [0.1, 0.15) is 125 Å². The summed E-state index contributed by atoms with van der Waals surface area (Å²) in [5.41, 5.74) is -0.200. The lowest BCUT2D eigenvalue weighted by Gasteiger charge is -2.32. The Bertz CT molecular complexity index is 1030. The van der Waals surface area contributed by atoms with Crippen molar-refractivity contribution in [3.8, 4) is 0 Å². The SMILES string of the molecule is CCCCCCCCc1ccc(CC(=O)[C@@H]2C[C@@H](OP(=O)(OC(C)(C)C)OC(C)(C)C)CN2C(=O)OC(C)(C)C)cc1. The van der Waals surface area contributed by atoms with Crippen LogP contribution in [0, 0.1) is 0 Å². The number of phosphoric acid groups is 1. The lowest BCUT2D eigenvalue weighted by molar-refractivity contribution is -0.122. The van der Waals surface area contributed by atoms with Crippen LogP contribution in [0.25, 0.3) is 0 Å². The van der Waals surface area contributed by atoms with Crippen molar-refractivity contribution < 1.29 is 32.5 Å². The third-order valence-corrected chi connectivity index (χ3v) is 8.63. The number of rotatable bonds is 14. The van der Waals surface area contributed by atoms with Crippen LogP contribution in [0.3, 0.4) is 0 Å². The summed E-state index contributed by atoms with van der Waals surface area (Å²) in [6.45, 7) is 18.2. The number of Topliss-reactive ketones (excluding diaryl/α,β-unsaturated/α-hetero) is 1. The number of benzene rings is 1. The van der Waals surface area contributed by atoms with Gasteiger partial charge in [0.1, 0.15) is 5.60 Å². The zero-order valence-electron chi connectivity index (χ0n) is 27.8. The lowest BCUT2D eigenvalue weighted by Crippen LogP contribution is -2.44. The molecule has 0 bridgehead atoms. The zero-order valence-corrected chi connectivity index (χ0v) is 28.7. The minimum absolute atomic E-state index is 0.0352. The van der Waals surface area contributed by atoms with Gasteiger partial charge in [0.2, 0.25) is 0 Å². The van der Waals surface area contributed by atoms with Gasteiger partial charge < -0.3 is 4.74 Å². The number of hydrogen-bond donors (Lipinski definition) is 0. The van der Waals surface area contributed by atoms with Gasteiger partial charge in [0, 0.05) is 12.8 Å². The van der Waals surface area contributed by atoms with Crippen molar-refractivity contribution in [1.82, 2.24) is 4.90 Å². The molecule has 1 heterocycles. The number of carbonyl (C=O) groups excluding carboxylic acids is 2.